The minimum atomic E-state index is -0.386. The second-order valence-corrected chi connectivity index (χ2v) is 7.43. The second-order valence-electron chi connectivity index (χ2n) is 7.43. The number of primary amides is 1. The number of aromatic nitrogens is 5. The van der Waals surface area contributed by atoms with Gasteiger partial charge in [0.2, 0.25) is 5.91 Å². The third kappa shape index (κ3) is 3.49. The van der Waals surface area contributed by atoms with Crippen LogP contribution in [0.3, 0.4) is 0 Å². The molecule has 7 heteroatoms. The minimum Gasteiger partial charge on any atom is -0.366 e. The van der Waals surface area contributed by atoms with Gasteiger partial charge >= 0.3 is 0 Å². The van der Waals surface area contributed by atoms with E-state index in [1.54, 1.807) is 11.0 Å². The van der Waals surface area contributed by atoms with E-state index in [0.717, 1.165) is 42.6 Å². The van der Waals surface area contributed by atoms with Crippen LogP contribution < -0.4 is 5.73 Å². The molecule has 2 N–H and O–H groups in total. The van der Waals surface area contributed by atoms with Crippen molar-refractivity contribution < 1.29 is 4.79 Å². The van der Waals surface area contributed by atoms with Crippen LogP contribution in [0.5, 0.6) is 0 Å². The molecule has 1 aliphatic carbocycles. The Morgan fingerprint density at radius 3 is 3.00 bits per heavy atom. The molecule has 27 heavy (non-hydrogen) atoms. The van der Waals surface area contributed by atoms with Gasteiger partial charge < -0.3 is 5.73 Å². The molecule has 1 fully saturated rings. The number of rotatable bonds is 5. The molecule has 1 aliphatic rings. The van der Waals surface area contributed by atoms with Crippen LogP contribution in [-0.2, 0) is 18.3 Å². The lowest BCUT2D eigenvalue weighted by Crippen LogP contribution is -2.24. The van der Waals surface area contributed by atoms with Gasteiger partial charge in [-0.25, -0.2) is 9.50 Å². The first kappa shape index (κ1) is 17.5. The van der Waals surface area contributed by atoms with Crippen LogP contribution in [0.4, 0.5) is 0 Å². The summed E-state index contributed by atoms with van der Waals surface area (Å²) in [5.41, 5.74) is 10.2. The van der Waals surface area contributed by atoms with E-state index in [1.165, 1.54) is 5.56 Å². The van der Waals surface area contributed by atoms with Crippen molar-refractivity contribution in [2.75, 3.05) is 0 Å². The number of carbonyl (C=O) groups is 1. The predicted octanol–water partition coefficient (Wildman–Crippen LogP) is 2.37. The van der Waals surface area contributed by atoms with Crippen LogP contribution in [0, 0.1) is 5.92 Å². The molecule has 3 aromatic rings. The van der Waals surface area contributed by atoms with Gasteiger partial charge in [-0.2, -0.15) is 10.2 Å². The number of hydrogen-bond donors (Lipinski definition) is 1. The van der Waals surface area contributed by atoms with Crippen molar-refractivity contribution >= 4 is 11.6 Å². The Hall–Kier alpha value is -2.96. The van der Waals surface area contributed by atoms with E-state index in [2.05, 4.69) is 34.0 Å². The average molecular weight is 364 g/mol. The molecular weight excluding hydrogens is 340 g/mol. The fourth-order valence-electron chi connectivity index (χ4n) is 4.13. The van der Waals surface area contributed by atoms with Crippen LogP contribution in [0.2, 0.25) is 0 Å². The third-order valence-corrected chi connectivity index (χ3v) is 5.57. The zero-order chi connectivity index (χ0) is 19.0. The molecule has 3 aromatic heterocycles. The Labute approximate surface area is 157 Å². The van der Waals surface area contributed by atoms with Gasteiger partial charge in [0.05, 0.1) is 5.69 Å². The Balaban J connectivity index is 1.65. The molecule has 0 saturated heterocycles. The summed E-state index contributed by atoms with van der Waals surface area (Å²) in [5, 5.41) is 8.84. The van der Waals surface area contributed by atoms with E-state index in [4.69, 9.17) is 5.73 Å². The van der Waals surface area contributed by atoms with Crippen molar-refractivity contribution in [1.29, 1.82) is 0 Å². The number of nitrogens with zero attached hydrogens (tertiary/aromatic N) is 5. The Kier molecular flexibility index (Phi) is 4.51. The van der Waals surface area contributed by atoms with E-state index in [1.807, 2.05) is 23.8 Å². The lowest BCUT2D eigenvalue weighted by atomic mass is 9.75. The lowest BCUT2D eigenvalue weighted by Gasteiger charge is -2.30. The molecule has 2 atom stereocenters. The van der Waals surface area contributed by atoms with Crippen molar-refractivity contribution in [3.8, 4) is 0 Å². The topological polar surface area (TPSA) is 91.1 Å². The Morgan fingerprint density at radius 2 is 2.26 bits per heavy atom. The van der Waals surface area contributed by atoms with E-state index < -0.39 is 0 Å². The van der Waals surface area contributed by atoms with Crippen LogP contribution in [-0.4, -0.2) is 30.3 Å². The number of pyridine rings is 1. The second kappa shape index (κ2) is 6.98. The van der Waals surface area contributed by atoms with Gasteiger partial charge in [-0.3, -0.25) is 9.48 Å². The summed E-state index contributed by atoms with van der Waals surface area (Å²) in [6, 6.07) is 4.24. The highest BCUT2D eigenvalue weighted by molar-refractivity contribution is 5.91. The highest BCUT2D eigenvalue weighted by Crippen LogP contribution is 2.39. The van der Waals surface area contributed by atoms with Gasteiger partial charge in [-0.1, -0.05) is 13.0 Å². The molecule has 1 amide bonds. The predicted molar refractivity (Wildman–Crippen MR) is 102 cm³/mol. The zero-order valence-corrected chi connectivity index (χ0v) is 15.5. The van der Waals surface area contributed by atoms with E-state index in [9.17, 15) is 4.79 Å². The number of carbonyl (C=O) groups excluding carboxylic acids is 1. The standard InChI is InChI=1S/C20H24N6O/c1-13(19(21)27)14-4-3-5-15(8-14)17-9-16(10-18-6-7-25(2)24-18)20-22-12-23-26(20)11-17/h6-7,9,11-12,14-15H,1,3-5,8,10H2,2H3,(H2,21,27)/t14-,15-/m0/s1. The SMILES string of the molecule is C=C(C(N)=O)[C@H]1CCC[C@H](c2cc(Cc3ccn(C)n3)c3ncnn3c2)C1. The molecule has 4 rings (SSSR count). The number of nitrogens with two attached hydrogens (primary N) is 1. The molecule has 7 nitrogen and oxygen atoms in total. The first-order chi connectivity index (χ1) is 13.0. The van der Waals surface area contributed by atoms with Crippen LogP contribution in [0.15, 0.2) is 43.0 Å². The number of fused-ring (bicyclic) bond motifs is 1. The molecule has 0 radical (unpaired) electrons. The molecule has 140 valence electrons. The number of hydrogen-bond acceptors (Lipinski definition) is 4. The number of amides is 1. The molecule has 0 aliphatic heterocycles. The van der Waals surface area contributed by atoms with Crippen molar-refractivity contribution in [3.05, 3.63) is 59.8 Å². The van der Waals surface area contributed by atoms with E-state index >= 15 is 0 Å². The summed E-state index contributed by atoms with van der Waals surface area (Å²) in [4.78, 5) is 15.9. The van der Waals surface area contributed by atoms with E-state index in [0.29, 0.717) is 17.9 Å². The van der Waals surface area contributed by atoms with Gasteiger partial charge in [0.25, 0.3) is 0 Å². The highest BCUT2D eigenvalue weighted by Gasteiger charge is 2.27. The van der Waals surface area contributed by atoms with Crippen molar-refractivity contribution in [2.45, 2.75) is 38.0 Å². The fourth-order valence-corrected chi connectivity index (χ4v) is 4.13. The molecule has 3 heterocycles. The summed E-state index contributed by atoms with van der Waals surface area (Å²) >= 11 is 0. The van der Waals surface area contributed by atoms with Gasteiger partial charge in [0.1, 0.15) is 6.33 Å². The Bertz CT molecular complexity index is 1000. The number of aryl methyl sites for hydroxylation is 1. The van der Waals surface area contributed by atoms with Gasteiger partial charge in [-0.05, 0) is 48.8 Å². The summed E-state index contributed by atoms with van der Waals surface area (Å²) in [6.45, 7) is 3.91. The summed E-state index contributed by atoms with van der Waals surface area (Å²) in [7, 11) is 1.92. The smallest absolute Gasteiger partial charge is 0.244 e. The monoisotopic (exact) mass is 364 g/mol. The van der Waals surface area contributed by atoms with Crippen LogP contribution in [0.25, 0.3) is 5.65 Å². The zero-order valence-electron chi connectivity index (χ0n) is 15.5. The van der Waals surface area contributed by atoms with Crippen molar-refractivity contribution in [3.63, 3.8) is 0 Å². The maximum atomic E-state index is 11.5. The normalized spacial score (nSPS) is 20.0. The van der Waals surface area contributed by atoms with Gasteiger partial charge in [0.15, 0.2) is 5.65 Å². The summed E-state index contributed by atoms with van der Waals surface area (Å²) < 4.78 is 3.65. The van der Waals surface area contributed by atoms with Gasteiger partial charge in [0, 0.05) is 37.0 Å². The molecular formula is C20H24N6O. The molecule has 1 saturated carbocycles. The summed E-state index contributed by atoms with van der Waals surface area (Å²) in [5.74, 6) is 0.131. The molecule has 0 unspecified atom stereocenters. The summed E-state index contributed by atoms with van der Waals surface area (Å²) in [6.07, 6.45) is 10.3. The molecule has 0 bridgehead atoms. The quantitative estimate of drug-likeness (QED) is 0.704. The lowest BCUT2D eigenvalue weighted by molar-refractivity contribution is -0.115. The maximum Gasteiger partial charge on any atom is 0.244 e. The third-order valence-electron chi connectivity index (χ3n) is 5.57. The minimum absolute atomic E-state index is 0.159. The largest absolute Gasteiger partial charge is 0.366 e. The fraction of sp³-hybridized carbons (Fsp3) is 0.400. The Morgan fingerprint density at radius 1 is 1.41 bits per heavy atom. The average Bonchev–Trinajstić information content (AvgIpc) is 3.30. The maximum absolute atomic E-state index is 11.5. The van der Waals surface area contributed by atoms with Crippen molar-refractivity contribution in [1.82, 2.24) is 24.4 Å². The van der Waals surface area contributed by atoms with Crippen LogP contribution >= 0.6 is 0 Å². The first-order valence-electron chi connectivity index (χ1n) is 9.30. The van der Waals surface area contributed by atoms with E-state index in [-0.39, 0.29) is 11.8 Å². The molecule has 0 spiro atoms. The molecule has 0 aromatic carbocycles. The van der Waals surface area contributed by atoms with Crippen LogP contribution in [0.1, 0.15) is 48.4 Å². The van der Waals surface area contributed by atoms with Crippen molar-refractivity contribution in [2.24, 2.45) is 18.7 Å². The van der Waals surface area contributed by atoms with Gasteiger partial charge in [-0.15, -0.1) is 0 Å². The highest BCUT2D eigenvalue weighted by atomic mass is 16.1. The first-order valence-corrected chi connectivity index (χ1v) is 9.30.